The Labute approximate surface area is 77.4 Å². The van der Waals surface area contributed by atoms with Gasteiger partial charge in [-0.15, -0.1) is 0 Å². The zero-order valence-electron chi connectivity index (χ0n) is 7.78. The van der Waals surface area contributed by atoms with E-state index in [0.717, 1.165) is 0 Å². The lowest BCUT2D eigenvalue weighted by Gasteiger charge is -2.09. The number of ether oxygens (including phenoxy) is 1. The maximum absolute atomic E-state index is 10.4. The second-order valence-corrected chi connectivity index (χ2v) is 2.40. The normalized spacial score (nSPS) is 13.5. The van der Waals surface area contributed by atoms with E-state index in [1.165, 1.54) is 6.08 Å². The number of hydrogen-bond donors (Lipinski definition) is 1. The van der Waals surface area contributed by atoms with Crippen LogP contribution < -0.4 is 0 Å². The topological polar surface area (TPSA) is 70.3 Å². The number of carboxylic acid groups (broad SMARTS) is 1. The van der Waals surface area contributed by atoms with Gasteiger partial charge < -0.3 is 9.84 Å². The highest BCUT2D eigenvalue weighted by Gasteiger charge is 2.09. The van der Waals surface area contributed by atoms with E-state index in [-0.39, 0.29) is 11.7 Å². The van der Waals surface area contributed by atoms with Crippen LogP contribution in [0.1, 0.15) is 20.3 Å². The Kier molecular flexibility index (Phi) is 5.57. The molecule has 0 radical (unpaired) electrons. The first-order chi connectivity index (χ1) is 6.15. The van der Waals surface area contributed by atoms with Crippen molar-refractivity contribution in [3.05, 3.63) is 11.6 Å². The smallest absolute Gasteiger partial charge is 0.346 e. The average Bonchev–Trinajstić information content (AvgIpc) is 2.11. The Bertz CT molecular complexity index is 240. The molecule has 0 saturated heterocycles. The molecule has 0 bridgehead atoms. The van der Waals surface area contributed by atoms with Crippen molar-refractivity contribution in [2.45, 2.75) is 26.4 Å². The summed E-state index contributed by atoms with van der Waals surface area (Å²) in [5, 5.41) is 17.0. The van der Waals surface area contributed by atoms with Crippen LogP contribution in [0.2, 0.25) is 0 Å². The number of carbonyl (C=O) groups is 1. The van der Waals surface area contributed by atoms with Crippen molar-refractivity contribution < 1.29 is 14.6 Å². The largest absolute Gasteiger partial charge is 0.477 e. The molecule has 1 atom stereocenters. The van der Waals surface area contributed by atoms with Gasteiger partial charge in [-0.1, -0.05) is 6.92 Å². The molecule has 4 heteroatoms. The van der Waals surface area contributed by atoms with E-state index in [1.54, 1.807) is 6.07 Å². The summed E-state index contributed by atoms with van der Waals surface area (Å²) in [6.07, 6.45) is 1.72. The summed E-state index contributed by atoms with van der Waals surface area (Å²) >= 11 is 0. The van der Waals surface area contributed by atoms with Gasteiger partial charge in [-0.3, -0.25) is 0 Å². The fourth-order valence-electron chi connectivity index (χ4n) is 0.840. The average molecular weight is 183 g/mol. The number of nitrogens with zero attached hydrogens (tertiary/aromatic N) is 1. The summed E-state index contributed by atoms with van der Waals surface area (Å²) in [7, 11) is 0. The molecule has 0 rings (SSSR count). The summed E-state index contributed by atoms with van der Waals surface area (Å²) < 4.78 is 5.18. The summed E-state index contributed by atoms with van der Waals surface area (Å²) in [5.41, 5.74) is -0.264. The molecule has 0 saturated carbocycles. The molecule has 0 spiro atoms. The second kappa shape index (κ2) is 6.21. The first-order valence-corrected chi connectivity index (χ1v) is 4.12. The van der Waals surface area contributed by atoms with Crippen LogP contribution in [-0.2, 0) is 9.53 Å². The van der Waals surface area contributed by atoms with E-state index in [0.29, 0.717) is 13.0 Å². The minimum absolute atomic E-state index is 0.264. The third-order valence-corrected chi connectivity index (χ3v) is 1.49. The van der Waals surface area contributed by atoms with Crippen molar-refractivity contribution in [1.29, 1.82) is 5.26 Å². The number of rotatable bonds is 5. The number of hydrogen-bond acceptors (Lipinski definition) is 3. The summed E-state index contributed by atoms with van der Waals surface area (Å²) in [4.78, 5) is 10.4. The van der Waals surface area contributed by atoms with Gasteiger partial charge in [-0.2, -0.15) is 5.26 Å². The molecule has 0 aromatic rings. The van der Waals surface area contributed by atoms with E-state index in [4.69, 9.17) is 15.1 Å². The van der Waals surface area contributed by atoms with Crippen LogP contribution in [0.3, 0.4) is 0 Å². The van der Waals surface area contributed by atoms with Crippen LogP contribution in [0.5, 0.6) is 0 Å². The van der Waals surface area contributed by atoms with E-state index in [9.17, 15) is 4.79 Å². The van der Waals surface area contributed by atoms with Gasteiger partial charge in [-0.25, -0.2) is 4.79 Å². The van der Waals surface area contributed by atoms with Crippen molar-refractivity contribution in [3.8, 4) is 6.07 Å². The summed E-state index contributed by atoms with van der Waals surface area (Å²) in [5.74, 6) is -1.21. The monoisotopic (exact) mass is 183 g/mol. The number of carboxylic acids is 1. The van der Waals surface area contributed by atoms with Gasteiger partial charge >= 0.3 is 5.97 Å². The molecule has 0 aromatic heterocycles. The Morgan fingerprint density at radius 2 is 2.31 bits per heavy atom. The van der Waals surface area contributed by atoms with E-state index < -0.39 is 5.97 Å². The van der Waals surface area contributed by atoms with Crippen LogP contribution in [0.4, 0.5) is 0 Å². The lowest BCUT2D eigenvalue weighted by molar-refractivity contribution is -0.132. The fourth-order valence-corrected chi connectivity index (χ4v) is 0.840. The zero-order valence-corrected chi connectivity index (χ0v) is 7.78. The van der Waals surface area contributed by atoms with Crippen LogP contribution in [0.25, 0.3) is 0 Å². The predicted molar refractivity (Wildman–Crippen MR) is 47.0 cm³/mol. The van der Waals surface area contributed by atoms with Crippen molar-refractivity contribution in [2.75, 3.05) is 6.61 Å². The molecule has 72 valence electrons. The summed E-state index contributed by atoms with van der Waals surface area (Å²) in [6.45, 7) is 4.20. The number of aliphatic carboxylic acids is 1. The standard InChI is InChI=1S/C9H13NO3/c1-3-8(13-4-2)5-7(6-10)9(11)12/h5,8H,3-4H2,1-2H3,(H,11,12). The van der Waals surface area contributed by atoms with Gasteiger partial charge in [0.1, 0.15) is 11.6 Å². The van der Waals surface area contributed by atoms with Crippen LogP contribution in [0, 0.1) is 11.3 Å². The van der Waals surface area contributed by atoms with E-state index >= 15 is 0 Å². The molecule has 13 heavy (non-hydrogen) atoms. The molecule has 0 aromatic carbocycles. The maximum atomic E-state index is 10.4. The van der Waals surface area contributed by atoms with Crippen LogP contribution in [0.15, 0.2) is 11.6 Å². The second-order valence-electron chi connectivity index (χ2n) is 2.40. The highest BCUT2D eigenvalue weighted by Crippen LogP contribution is 2.04. The minimum Gasteiger partial charge on any atom is -0.477 e. The first-order valence-electron chi connectivity index (χ1n) is 4.12. The van der Waals surface area contributed by atoms with Gasteiger partial charge in [0.2, 0.25) is 0 Å². The van der Waals surface area contributed by atoms with Crippen LogP contribution >= 0.6 is 0 Å². The summed E-state index contributed by atoms with van der Waals surface area (Å²) in [6, 6.07) is 1.61. The van der Waals surface area contributed by atoms with E-state index in [2.05, 4.69) is 0 Å². The Balaban J connectivity index is 4.47. The van der Waals surface area contributed by atoms with Gasteiger partial charge in [0, 0.05) is 6.61 Å². The van der Waals surface area contributed by atoms with Crippen LogP contribution in [-0.4, -0.2) is 23.8 Å². The Morgan fingerprint density at radius 1 is 1.69 bits per heavy atom. The molecule has 0 aliphatic rings. The van der Waals surface area contributed by atoms with E-state index in [1.807, 2.05) is 13.8 Å². The molecule has 4 nitrogen and oxygen atoms in total. The molecule has 0 fully saturated rings. The van der Waals surface area contributed by atoms with Crippen molar-refractivity contribution in [3.63, 3.8) is 0 Å². The van der Waals surface area contributed by atoms with Gasteiger partial charge in [-0.05, 0) is 19.4 Å². The molecular formula is C9H13NO3. The highest BCUT2D eigenvalue weighted by atomic mass is 16.5. The van der Waals surface area contributed by atoms with Crippen molar-refractivity contribution in [2.24, 2.45) is 0 Å². The van der Waals surface area contributed by atoms with Crippen molar-refractivity contribution in [1.82, 2.24) is 0 Å². The molecule has 1 unspecified atom stereocenters. The quantitative estimate of drug-likeness (QED) is 0.515. The lowest BCUT2D eigenvalue weighted by Crippen LogP contribution is -2.11. The molecule has 0 amide bonds. The molecule has 1 N–H and O–H groups in total. The van der Waals surface area contributed by atoms with Gasteiger partial charge in [0.25, 0.3) is 0 Å². The number of nitriles is 1. The molecular weight excluding hydrogens is 170 g/mol. The third kappa shape index (κ3) is 4.28. The first kappa shape index (κ1) is 11.7. The minimum atomic E-state index is -1.21. The van der Waals surface area contributed by atoms with Gasteiger partial charge in [0.15, 0.2) is 0 Å². The van der Waals surface area contributed by atoms with Crippen molar-refractivity contribution >= 4 is 5.97 Å². The fraction of sp³-hybridized carbons (Fsp3) is 0.556. The Morgan fingerprint density at radius 3 is 2.62 bits per heavy atom. The maximum Gasteiger partial charge on any atom is 0.346 e. The zero-order chi connectivity index (χ0) is 10.3. The third-order valence-electron chi connectivity index (χ3n) is 1.49. The molecule has 0 aliphatic carbocycles. The predicted octanol–water partition coefficient (Wildman–Crippen LogP) is 1.34. The molecule has 0 heterocycles. The molecule has 0 aliphatic heterocycles. The highest BCUT2D eigenvalue weighted by molar-refractivity contribution is 5.91. The Hall–Kier alpha value is -1.34. The van der Waals surface area contributed by atoms with Gasteiger partial charge in [0.05, 0.1) is 6.10 Å². The SMILES string of the molecule is CCOC(C=C(C#N)C(=O)O)CC. The lowest BCUT2D eigenvalue weighted by atomic mass is 10.2.